The van der Waals surface area contributed by atoms with E-state index in [9.17, 15) is 9.59 Å². The minimum atomic E-state index is -0.340. The van der Waals surface area contributed by atoms with Gasteiger partial charge in [0.1, 0.15) is 5.58 Å². The molecule has 44 heavy (non-hydrogen) atoms. The SMILES string of the molecule is CCOc1cc(C=Nn2c(-c3cc4cc(Br)ccc4o3)nc3ccccc3c2=O)cc(I)c1OCC(=O)Nc1ccccc1. The zero-order valence-corrected chi connectivity index (χ0v) is 27.0. The molecule has 0 spiro atoms. The van der Waals surface area contributed by atoms with E-state index in [4.69, 9.17) is 18.9 Å². The number of aromatic nitrogens is 2. The van der Waals surface area contributed by atoms with Crippen molar-refractivity contribution in [1.82, 2.24) is 9.66 Å². The molecular formula is C33H24BrIN4O5. The van der Waals surface area contributed by atoms with E-state index in [1.165, 1.54) is 4.68 Å². The molecule has 6 aromatic rings. The van der Waals surface area contributed by atoms with Crippen molar-refractivity contribution in [2.45, 2.75) is 6.92 Å². The molecule has 0 aliphatic carbocycles. The van der Waals surface area contributed by atoms with Crippen LogP contribution in [-0.2, 0) is 4.79 Å². The van der Waals surface area contributed by atoms with Crippen LogP contribution >= 0.6 is 38.5 Å². The Morgan fingerprint density at radius 2 is 1.84 bits per heavy atom. The van der Waals surface area contributed by atoms with Crippen LogP contribution in [0.5, 0.6) is 11.5 Å². The number of para-hydroxylation sites is 2. The summed E-state index contributed by atoms with van der Waals surface area (Å²) in [5.74, 6) is 1.25. The highest BCUT2D eigenvalue weighted by Gasteiger charge is 2.18. The molecule has 1 N–H and O–H groups in total. The summed E-state index contributed by atoms with van der Waals surface area (Å²) in [5.41, 5.74) is 2.18. The molecule has 0 saturated carbocycles. The predicted molar refractivity (Wildman–Crippen MR) is 183 cm³/mol. The standard InChI is InChI=1S/C33H24BrIN4O5/c1-2-42-28-15-20(14-25(35)31(28)43-19-30(40)37-23-8-4-3-5-9-23)18-36-39-32(38-26-11-7-6-10-24(26)33(39)41)29-17-21-16-22(34)12-13-27(21)44-29/h3-18H,2,19H2,1H3,(H,37,40). The number of carbonyl (C=O) groups is 1. The Morgan fingerprint density at radius 1 is 1.05 bits per heavy atom. The zero-order chi connectivity index (χ0) is 30.6. The number of rotatable bonds is 9. The number of anilines is 1. The Kier molecular flexibility index (Phi) is 8.75. The summed E-state index contributed by atoms with van der Waals surface area (Å²) in [4.78, 5) is 30.9. The number of amides is 1. The second-order valence-corrected chi connectivity index (χ2v) is 11.7. The summed E-state index contributed by atoms with van der Waals surface area (Å²) >= 11 is 5.61. The lowest BCUT2D eigenvalue weighted by atomic mass is 10.2. The first-order valence-corrected chi connectivity index (χ1v) is 15.5. The van der Waals surface area contributed by atoms with E-state index in [1.54, 1.807) is 42.6 Å². The third kappa shape index (κ3) is 6.38. The highest BCUT2D eigenvalue weighted by atomic mass is 127. The van der Waals surface area contributed by atoms with E-state index >= 15 is 0 Å². The first-order chi connectivity index (χ1) is 21.4. The van der Waals surface area contributed by atoms with Gasteiger partial charge in [-0.2, -0.15) is 9.78 Å². The average molecular weight is 763 g/mol. The fourth-order valence-electron chi connectivity index (χ4n) is 4.56. The molecule has 6 rings (SSSR count). The summed E-state index contributed by atoms with van der Waals surface area (Å²) in [6.07, 6.45) is 1.55. The number of benzene rings is 4. The van der Waals surface area contributed by atoms with E-state index in [2.05, 4.69) is 48.9 Å². The Hall–Kier alpha value is -4.49. The van der Waals surface area contributed by atoms with Crippen molar-refractivity contribution in [3.8, 4) is 23.1 Å². The molecule has 0 aliphatic rings. The quantitative estimate of drug-likeness (QED) is 0.121. The van der Waals surface area contributed by atoms with Gasteiger partial charge < -0.3 is 19.2 Å². The highest BCUT2D eigenvalue weighted by Crippen LogP contribution is 2.34. The third-order valence-corrected chi connectivity index (χ3v) is 7.81. The van der Waals surface area contributed by atoms with Crippen molar-refractivity contribution < 1.29 is 18.7 Å². The van der Waals surface area contributed by atoms with E-state index in [1.807, 2.05) is 61.5 Å². The third-order valence-electron chi connectivity index (χ3n) is 6.51. The van der Waals surface area contributed by atoms with Gasteiger partial charge in [-0.05, 0) is 95.7 Å². The molecular weight excluding hydrogens is 739 g/mol. The topological polar surface area (TPSA) is 108 Å². The molecule has 0 aliphatic heterocycles. The van der Waals surface area contributed by atoms with E-state index < -0.39 is 0 Å². The van der Waals surface area contributed by atoms with E-state index in [-0.39, 0.29) is 23.9 Å². The lowest BCUT2D eigenvalue weighted by Crippen LogP contribution is -2.21. The summed E-state index contributed by atoms with van der Waals surface area (Å²) < 4.78 is 20.7. The number of hydrogen-bond donors (Lipinski definition) is 1. The smallest absolute Gasteiger partial charge is 0.282 e. The Balaban J connectivity index is 1.34. The van der Waals surface area contributed by atoms with Crippen LogP contribution in [0.1, 0.15) is 12.5 Å². The maximum absolute atomic E-state index is 13.7. The molecule has 11 heteroatoms. The summed E-state index contributed by atoms with van der Waals surface area (Å²) in [7, 11) is 0. The number of halogens is 2. The van der Waals surface area contributed by atoms with Crippen LogP contribution < -0.4 is 20.3 Å². The molecule has 2 aromatic heterocycles. The van der Waals surface area contributed by atoms with Crippen molar-refractivity contribution in [2.75, 3.05) is 18.5 Å². The monoisotopic (exact) mass is 762 g/mol. The second-order valence-electron chi connectivity index (χ2n) is 9.57. The number of hydrogen-bond acceptors (Lipinski definition) is 7. The lowest BCUT2D eigenvalue weighted by molar-refractivity contribution is -0.118. The Morgan fingerprint density at radius 3 is 2.66 bits per heavy atom. The summed E-state index contributed by atoms with van der Waals surface area (Å²) in [6.45, 7) is 2.04. The second kappa shape index (κ2) is 13.0. The van der Waals surface area contributed by atoms with Gasteiger partial charge in [0.05, 0.1) is 27.3 Å². The molecule has 220 valence electrons. The lowest BCUT2D eigenvalue weighted by Gasteiger charge is -2.14. The van der Waals surface area contributed by atoms with Gasteiger partial charge in [0, 0.05) is 15.5 Å². The van der Waals surface area contributed by atoms with Crippen LogP contribution in [0.4, 0.5) is 5.69 Å². The number of ether oxygens (including phenoxy) is 2. The number of carbonyl (C=O) groups excluding carboxylic acids is 1. The fourth-order valence-corrected chi connectivity index (χ4v) is 5.72. The zero-order valence-electron chi connectivity index (χ0n) is 23.3. The molecule has 0 radical (unpaired) electrons. The fraction of sp³-hybridized carbons (Fsp3) is 0.0909. The van der Waals surface area contributed by atoms with Gasteiger partial charge in [0.15, 0.2) is 23.9 Å². The Labute approximate surface area is 273 Å². The van der Waals surface area contributed by atoms with Crippen LogP contribution in [0, 0.1) is 3.57 Å². The molecule has 4 aromatic carbocycles. The van der Waals surface area contributed by atoms with Crippen LogP contribution in [-0.4, -0.2) is 35.0 Å². The van der Waals surface area contributed by atoms with Crippen LogP contribution in [0.25, 0.3) is 33.5 Å². The van der Waals surface area contributed by atoms with Gasteiger partial charge >= 0.3 is 0 Å². The highest BCUT2D eigenvalue weighted by molar-refractivity contribution is 14.1. The largest absolute Gasteiger partial charge is 0.490 e. The van der Waals surface area contributed by atoms with Crippen molar-refractivity contribution in [2.24, 2.45) is 5.10 Å². The van der Waals surface area contributed by atoms with E-state index in [0.717, 1.165) is 9.86 Å². The molecule has 2 heterocycles. The van der Waals surface area contributed by atoms with Crippen LogP contribution in [0.3, 0.4) is 0 Å². The average Bonchev–Trinajstić information content (AvgIpc) is 3.44. The van der Waals surface area contributed by atoms with Gasteiger partial charge in [-0.3, -0.25) is 9.59 Å². The number of fused-ring (bicyclic) bond motifs is 2. The van der Waals surface area contributed by atoms with Crippen molar-refractivity contribution in [3.05, 3.63) is 115 Å². The molecule has 0 bridgehead atoms. The molecule has 9 nitrogen and oxygen atoms in total. The van der Waals surface area contributed by atoms with Crippen molar-refractivity contribution in [3.63, 3.8) is 0 Å². The minimum Gasteiger partial charge on any atom is -0.490 e. The first-order valence-electron chi connectivity index (χ1n) is 13.6. The van der Waals surface area contributed by atoms with Gasteiger partial charge in [-0.15, -0.1) is 0 Å². The maximum atomic E-state index is 13.7. The predicted octanol–water partition coefficient (Wildman–Crippen LogP) is 7.48. The minimum absolute atomic E-state index is 0.200. The molecule has 0 saturated heterocycles. The summed E-state index contributed by atoms with van der Waals surface area (Å²) in [6, 6.07) is 27.3. The molecule has 0 unspecified atom stereocenters. The normalized spacial score (nSPS) is 11.3. The maximum Gasteiger partial charge on any atom is 0.282 e. The molecule has 0 fully saturated rings. The van der Waals surface area contributed by atoms with Gasteiger partial charge in [0.2, 0.25) is 5.82 Å². The van der Waals surface area contributed by atoms with Gasteiger partial charge in [-0.1, -0.05) is 46.3 Å². The Bertz CT molecular complexity index is 2090. The van der Waals surface area contributed by atoms with Gasteiger partial charge in [-0.25, -0.2) is 4.98 Å². The molecule has 1 amide bonds. The van der Waals surface area contributed by atoms with Crippen molar-refractivity contribution in [1.29, 1.82) is 0 Å². The first kappa shape index (κ1) is 29.6. The molecule has 0 atom stereocenters. The summed E-state index contributed by atoms with van der Waals surface area (Å²) in [5, 5.41) is 8.65. The van der Waals surface area contributed by atoms with Crippen LogP contribution in [0.15, 0.2) is 110 Å². The van der Waals surface area contributed by atoms with Crippen LogP contribution in [0.2, 0.25) is 0 Å². The number of nitrogens with zero attached hydrogens (tertiary/aromatic N) is 3. The number of nitrogens with one attached hydrogen (secondary N) is 1. The van der Waals surface area contributed by atoms with Gasteiger partial charge in [0.25, 0.3) is 11.5 Å². The van der Waals surface area contributed by atoms with Crippen molar-refractivity contribution >= 4 is 78.2 Å². The number of furan rings is 1. The van der Waals surface area contributed by atoms with E-state index in [0.29, 0.717) is 55.2 Å².